The molecule has 0 aliphatic heterocycles. The number of aromatic nitrogens is 3. The van der Waals surface area contributed by atoms with Gasteiger partial charge < -0.3 is 14.6 Å². The molecule has 0 aliphatic rings. The number of amides is 1. The number of nitrogens with zero attached hydrogens (tertiary/aromatic N) is 3. The first-order valence-electron chi connectivity index (χ1n) is 7.60. The molecule has 0 bridgehead atoms. The van der Waals surface area contributed by atoms with Crippen LogP contribution in [0.4, 0.5) is 5.00 Å². The van der Waals surface area contributed by atoms with Crippen LogP contribution in [0.15, 0.2) is 29.3 Å². The van der Waals surface area contributed by atoms with Crippen molar-refractivity contribution in [1.29, 1.82) is 0 Å². The maximum atomic E-state index is 12.2. The molecule has 0 atom stereocenters. The summed E-state index contributed by atoms with van der Waals surface area (Å²) < 4.78 is 6.64. The van der Waals surface area contributed by atoms with Crippen LogP contribution in [0.3, 0.4) is 0 Å². The van der Waals surface area contributed by atoms with Gasteiger partial charge in [0, 0.05) is 12.5 Å². The van der Waals surface area contributed by atoms with Crippen LogP contribution in [0.2, 0.25) is 0 Å². The van der Waals surface area contributed by atoms with Crippen LogP contribution in [0, 0.1) is 0 Å². The lowest BCUT2D eigenvalue weighted by atomic mass is 10.2. The summed E-state index contributed by atoms with van der Waals surface area (Å²) in [5, 5.41) is 14.0. The van der Waals surface area contributed by atoms with Gasteiger partial charge >= 0.3 is 5.97 Å². The number of thiophene rings is 1. The fourth-order valence-electron chi connectivity index (χ4n) is 2.10. The molecule has 0 saturated carbocycles. The summed E-state index contributed by atoms with van der Waals surface area (Å²) in [7, 11) is 1.31. The molecule has 2 aromatic heterocycles. The Morgan fingerprint density at radius 3 is 2.88 bits per heavy atom. The third kappa shape index (κ3) is 4.70. The van der Waals surface area contributed by atoms with Gasteiger partial charge in [-0.05, 0) is 11.4 Å². The van der Waals surface area contributed by atoms with Gasteiger partial charge in [0.2, 0.25) is 5.91 Å². The minimum Gasteiger partial charge on any atom is -0.465 e. The second kappa shape index (κ2) is 8.82. The SMILES string of the molecule is C=CCn1c(SCC(=O)Nc2sccc2C(=O)OC)nnc1C(C)C. The van der Waals surface area contributed by atoms with E-state index in [2.05, 4.69) is 22.1 Å². The third-order valence-electron chi connectivity index (χ3n) is 3.23. The first-order chi connectivity index (χ1) is 12.0. The molecule has 0 aliphatic carbocycles. The molecule has 9 heteroatoms. The number of carbonyl (C=O) groups is 2. The van der Waals surface area contributed by atoms with Crippen molar-refractivity contribution in [1.82, 2.24) is 14.8 Å². The summed E-state index contributed by atoms with van der Waals surface area (Å²) in [5.41, 5.74) is 0.350. The highest BCUT2D eigenvalue weighted by Gasteiger charge is 2.18. The van der Waals surface area contributed by atoms with Gasteiger partial charge in [0.1, 0.15) is 10.8 Å². The Morgan fingerprint density at radius 1 is 1.48 bits per heavy atom. The minimum atomic E-state index is -0.475. The number of anilines is 1. The average molecular weight is 380 g/mol. The van der Waals surface area contributed by atoms with E-state index in [0.29, 0.717) is 22.3 Å². The second-order valence-corrected chi connectivity index (χ2v) is 7.25. The number of ether oxygens (including phenoxy) is 1. The zero-order valence-electron chi connectivity index (χ0n) is 14.3. The van der Waals surface area contributed by atoms with Crippen LogP contribution in [0.1, 0.15) is 35.9 Å². The lowest BCUT2D eigenvalue weighted by Crippen LogP contribution is -2.16. The van der Waals surface area contributed by atoms with Gasteiger partial charge in [-0.2, -0.15) is 0 Å². The van der Waals surface area contributed by atoms with E-state index in [-0.39, 0.29) is 17.6 Å². The molecule has 25 heavy (non-hydrogen) atoms. The molecule has 2 heterocycles. The zero-order chi connectivity index (χ0) is 18.4. The standard InChI is InChI=1S/C16H20N4O3S2/c1-5-7-20-13(10(2)3)18-19-16(20)25-9-12(21)17-14-11(6-8-24-14)15(22)23-4/h5-6,8,10H,1,7,9H2,2-4H3,(H,17,21). The Balaban J connectivity index is 2.02. The molecule has 0 saturated heterocycles. The Kier molecular flexibility index (Phi) is 6.77. The van der Waals surface area contributed by atoms with Gasteiger partial charge in [0.05, 0.1) is 18.4 Å². The number of allylic oxidation sites excluding steroid dienone is 1. The van der Waals surface area contributed by atoms with Crippen molar-refractivity contribution in [3.63, 3.8) is 0 Å². The number of nitrogens with one attached hydrogen (secondary N) is 1. The smallest absolute Gasteiger partial charge is 0.340 e. The number of hydrogen-bond donors (Lipinski definition) is 1. The van der Waals surface area contributed by atoms with Crippen molar-refractivity contribution >= 4 is 40.0 Å². The first-order valence-corrected chi connectivity index (χ1v) is 9.46. The Morgan fingerprint density at radius 2 is 2.24 bits per heavy atom. The lowest BCUT2D eigenvalue weighted by molar-refractivity contribution is -0.113. The van der Waals surface area contributed by atoms with Gasteiger partial charge in [-0.25, -0.2) is 4.79 Å². The molecule has 2 rings (SSSR count). The van der Waals surface area contributed by atoms with Crippen LogP contribution in [-0.4, -0.2) is 39.5 Å². The van der Waals surface area contributed by atoms with Crippen LogP contribution in [-0.2, 0) is 16.1 Å². The summed E-state index contributed by atoms with van der Waals surface area (Å²) in [6.07, 6.45) is 1.77. The molecule has 0 fully saturated rings. The first kappa shape index (κ1) is 19.2. The molecule has 7 nitrogen and oxygen atoms in total. The third-order valence-corrected chi connectivity index (χ3v) is 5.03. The highest BCUT2D eigenvalue weighted by atomic mass is 32.2. The molecular weight excluding hydrogens is 360 g/mol. The number of rotatable bonds is 8. The summed E-state index contributed by atoms with van der Waals surface area (Å²) in [6, 6.07) is 1.62. The molecular formula is C16H20N4O3S2. The number of methoxy groups -OCH3 is 1. The Hall–Kier alpha value is -2.13. The number of thioether (sulfide) groups is 1. The van der Waals surface area contributed by atoms with Gasteiger partial charge in [0.15, 0.2) is 5.16 Å². The predicted octanol–water partition coefficient (Wildman–Crippen LogP) is 3.17. The van der Waals surface area contributed by atoms with Crippen molar-refractivity contribution in [2.24, 2.45) is 0 Å². The van der Waals surface area contributed by atoms with Crippen LogP contribution in [0.5, 0.6) is 0 Å². The molecule has 0 spiro atoms. The van der Waals surface area contributed by atoms with Gasteiger partial charge in [-0.3, -0.25) is 4.79 Å². The second-order valence-electron chi connectivity index (χ2n) is 5.39. The van der Waals surface area contributed by atoms with Crippen molar-refractivity contribution < 1.29 is 14.3 Å². The molecule has 2 aromatic rings. The fraction of sp³-hybridized carbons (Fsp3) is 0.375. The van der Waals surface area contributed by atoms with Gasteiger partial charge in [0.25, 0.3) is 0 Å². The van der Waals surface area contributed by atoms with Crippen molar-refractivity contribution in [3.05, 3.63) is 35.5 Å². The summed E-state index contributed by atoms with van der Waals surface area (Å²) in [6.45, 7) is 8.41. The van der Waals surface area contributed by atoms with Crippen molar-refractivity contribution in [2.45, 2.75) is 31.5 Å². The number of esters is 1. The van der Waals surface area contributed by atoms with E-state index in [1.54, 1.807) is 17.5 Å². The van der Waals surface area contributed by atoms with Gasteiger partial charge in [-0.15, -0.1) is 28.1 Å². The lowest BCUT2D eigenvalue weighted by Gasteiger charge is -2.09. The Labute approximate surface area is 154 Å². The zero-order valence-corrected chi connectivity index (χ0v) is 15.9. The maximum Gasteiger partial charge on any atom is 0.340 e. The molecule has 0 unspecified atom stereocenters. The fourth-order valence-corrected chi connectivity index (χ4v) is 3.65. The topological polar surface area (TPSA) is 86.1 Å². The van der Waals surface area contributed by atoms with Crippen LogP contribution >= 0.6 is 23.1 Å². The summed E-state index contributed by atoms with van der Waals surface area (Å²) in [4.78, 5) is 23.8. The minimum absolute atomic E-state index is 0.159. The quantitative estimate of drug-likeness (QED) is 0.430. The maximum absolute atomic E-state index is 12.2. The van der Waals surface area contributed by atoms with E-state index in [1.165, 1.54) is 30.2 Å². The number of hydrogen-bond acceptors (Lipinski definition) is 7. The monoisotopic (exact) mass is 380 g/mol. The number of carbonyl (C=O) groups excluding carboxylic acids is 2. The average Bonchev–Trinajstić information content (AvgIpc) is 3.19. The van der Waals surface area contributed by atoms with Crippen LogP contribution in [0.25, 0.3) is 0 Å². The van der Waals surface area contributed by atoms with Crippen molar-refractivity contribution in [2.75, 3.05) is 18.2 Å². The molecule has 1 amide bonds. The molecule has 1 N–H and O–H groups in total. The van der Waals surface area contributed by atoms with Crippen LogP contribution < -0.4 is 5.32 Å². The van der Waals surface area contributed by atoms with E-state index in [4.69, 9.17) is 4.74 Å². The van der Waals surface area contributed by atoms with E-state index in [9.17, 15) is 9.59 Å². The van der Waals surface area contributed by atoms with Gasteiger partial charge in [-0.1, -0.05) is 31.7 Å². The highest BCUT2D eigenvalue weighted by molar-refractivity contribution is 7.99. The normalized spacial score (nSPS) is 10.7. The van der Waals surface area contributed by atoms with E-state index in [0.717, 1.165) is 5.82 Å². The predicted molar refractivity (Wildman–Crippen MR) is 99.3 cm³/mol. The summed E-state index contributed by atoms with van der Waals surface area (Å²) in [5.74, 6) is 0.540. The molecule has 134 valence electrons. The summed E-state index contributed by atoms with van der Waals surface area (Å²) >= 11 is 2.57. The van der Waals surface area contributed by atoms with Crippen molar-refractivity contribution in [3.8, 4) is 0 Å². The molecule has 0 radical (unpaired) electrons. The Bertz CT molecular complexity index is 767. The van der Waals surface area contributed by atoms with E-state index < -0.39 is 5.97 Å². The van der Waals surface area contributed by atoms with E-state index in [1.807, 2.05) is 18.4 Å². The molecule has 0 aromatic carbocycles. The largest absolute Gasteiger partial charge is 0.465 e. The highest BCUT2D eigenvalue weighted by Crippen LogP contribution is 2.25. The van der Waals surface area contributed by atoms with E-state index >= 15 is 0 Å².